The molecule has 0 aromatic heterocycles. The van der Waals surface area contributed by atoms with Crippen molar-refractivity contribution >= 4 is 17.3 Å². The summed E-state index contributed by atoms with van der Waals surface area (Å²) >= 11 is 0. The number of nitrogens with one attached hydrogen (secondary N) is 1. The van der Waals surface area contributed by atoms with Crippen LogP contribution in [0, 0.1) is 16.0 Å². The Bertz CT molecular complexity index is 530. The number of anilines is 1. The van der Waals surface area contributed by atoms with Crippen LogP contribution in [0.5, 0.6) is 0 Å². The Hall–Kier alpha value is -2.11. The largest absolute Gasteiger partial charge is 0.478 e. The maximum Gasteiger partial charge on any atom is 0.338 e. The van der Waals surface area contributed by atoms with E-state index in [-0.39, 0.29) is 17.3 Å². The Balaban J connectivity index is 2.22. The molecule has 0 aliphatic heterocycles. The van der Waals surface area contributed by atoms with Crippen LogP contribution in [0.15, 0.2) is 18.2 Å². The number of rotatable bonds is 4. The summed E-state index contributed by atoms with van der Waals surface area (Å²) in [5.41, 5.74) is 0.213. The number of aromatic carboxylic acids is 1. The van der Waals surface area contributed by atoms with Gasteiger partial charge in [-0.2, -0.15) is 0 Å². The van der Waals surface area contributed by atoms with Crippen molar-refractivity contribution in [2.75, 3.05) is 5.32 Å². The lowest BCUT2D eigenvalue weighted by Gasteiger charge is -2.28. The van der Waals surface area contributed by atoms with Gasteiger partial charge >= 0.3 is 5.97 Å². The molecule has 1 saturated carbocycles. The van der Waals surface area contributed by atoms with E-state index in [1.165, 1.54) is 18.6 Å². The molecule has 0 amide bonds. The van der Waals surface area contributed by atoms with Crippen molar-refractivity contribution < 1.29 is 14.8 Å². The van der Waals surface area contributed by atoms with Crippen molar-refractivity contribution in [1.82, 2.24) is 0 Å². The number of carboxylic acids is 1. The molecule has 1 aliphatic rings. The number of nitro benzene ring substituents is 1. The average Bonchev–Trinajstić information content (AvgIpc) is 2.38. The number of hydrogen-bond acceptors (Lipinski definition) is 4. The molecule has 2 rings (SSSR count). The molecule has 6 nitrogen and oxygen atoms in total. The van der Waals surface area contributed by atoms with E-state index in [4.69, 9.17) is 0 Å². The zero-order valence-corrected chi connectivity index (χ0v) is 11.3. The molecule has 1 aromatic carbocycles. The van der Waals surface area contributed by atoms with E-state index in [1.807, 2.05) is 0 Å². The molecule has 20 heavy (non-hydrogen) atoms. The number of nitrogens with zero attached hydrogens (tertiary/aromatic N) is 1. The first-order chi connectivity index (χ1) is 9.47. The minimum Gasteiger partial charge on any atom is -0.478 e. The Morgan fingerprint density at radius 2 is 2.20 bits per heavy atom. The molecule has 0 spiro atoms. The van der Waals surface area contributed by atoms with Gasteiger partial charge in [-0.3, -0.25) is 10.1 Å². The predicted octanol–water partition coefficient (Wildman–Crippen LogP) is 3.28. The normalized spacial score (nSPS) is 22.2. The van der Waals surface area contributed by atoms with Gasteiger partial charge in [0.1, 0.15) is 0 Å². The highest BCUT2D eigenvalue weighted by Crippen LogP contribution is 2.29. The maximum absolute atomic E-state index is 11.2. The molecule has 1 fully saturated rings. The van der Waals surface area contributed by atoms with Crippen LogP contribution in [0.4, 0.5) is 11.4 Å². The van der Waals surface area contributed by atoms with E-state index in [0.29, 0.717) is 11.6 Å². The van der Waals surface area contributed by atoms with E-state index in [2.05, 4.69) is 12.2 Å². The Morgan fingerprint density at radius 1 is 1.45 bits per heavy atom. The predicted molar refractivity (Wildman–Crippen MR) is 75.1 cm³/mol. The molecule has 1 aromatic rings. The maximum atomic E-state index is 11.2. The number of nitro groups is 1. The van der Waals surface area contributed by atoms with Crippen LogP contribution in [-0.2, 0) is 0 Å². The van der Waals surface area contributed by atoms with Crippen molar-refractivity contribution in [1.29, 1.82) is 0 Å². The molecular weight excluding hydrogens is 260 g/mol. The molecule has 0 bridgehead atoms. The van der Waals surface area contributed by atoms with Gasteiger partial charge in [0, 0.05) is 23.9 Å². The minimum atomic E-state index is -1.15. The molecule has 2 unspecified atom stereocenters. The third-order valence-corrected chi connectivity index (χ3v) is 3.74. The second-order valence-corrected chi connectivity index (χ2v) is 5.41. The summed E-state index contributed by atoms with van der Waals surface area (Å²) in [4.78, 5) is 21.4. The molecule has 0 heterocycles. The number of carbonyl (C=O) groups is 1. The van der Waals surface area contributed by atoms with E-state index < -0.39 is 10.9 Å². The molecule has 1 aliphatic carbocycles. The number of carboxylic acid groups (broad SMARTS) is 1. The summed E-state index contributed by atoms with van der Waals surface area (Å²) in [7, 11) is 0. The Morgan fingerprint density at radius 3 is 2.80 bits per heavy atom. The molecule has 0 radical (unpaired) electrons. The van der Waals surface area contributed by atoms with Gasteiger partial charge in [-0.15, -0.1) is 0 Å². The quantitative estimate of drug-likeness (QED) is 0.651. The molecular formula is C14H18N2O4. The van der Waals surface area contributed by atoms with Gasteiger partial charge in [0.05, 0.1) is 10.5 Å². The van der Waals surface area contributed by atoms with Crippen molar-refractivity contribution in [2.45, 2.75) is 38.6 Å². The van der Waals surface area contributed by atoms with E-state index in [0.717, 1.165) is 25.3 Å². The lowest BCUT2D eigenvalue weighted by molar-refractivity contribution is -0.384. The first-order valence-corrected chi connectivity index (χ1v) is 6.75. The molecule has 2 atom stereocenters. The lowest BCUT2D eigenvalue weighted by Crippen LogP contribution is -2.27. The van der Waals surface area contributed by atoms with Gasteiger partial charge in [-0.05, 0) is 24.8 Å². The standard InChI is InChI=1S/C14H18N2O4/c1-9-3-2-4-10(7-9)15-13-6-5-11(16(19)20)8-12(13)14(17)18/h5-6,8-10,15H,2-4,7H2,1H3,(H,17,18). The lowest BCUT2D eigenvalue weighted by atomic mass is 9.87. The fourth-order valence-electron chi connectivity index (χ4n) is 2.73. The van der Waals surface area contributed by atoms with Crippen LogP contribution >= 0.6 is 0 Å². The van der Waals surface area contributed by atoms with Crippen LogP contribution in [0.3, 0.4) is 0 Å². The van der Waals surface area contributed by atoms with Gasteiger partial charge in [0.25, 0.3) is 5.69 Å². The van der Waals surface area contributed by atoms with Crippen LogP contribution < -0.4 is 5.32 Å². The van der Waals surface area contributed by atoms with Crippen LogP contribution in [0.2, 0.25) is 0 Å². The van der Waals surface area contributed by atoms with E-state index in [1.54, 1.807) is 0 Å². The van der Waals surface area contributed by atoms with Crippen LogP contribution in [-0.4, -0.2) is 22.0 Å². The first-order valence-electron chi connectivity index (χ1n) is 6.75. The third kappa shape index (κ3) is 3.26. The Labute approximate surface area is 117 Å². The summed E-state index contributed by atoms with van der Waals surface area (Å²) in [6.07, 6.45) is 4.31. The van der Waals surface area contributed by atoms with Gasteiger partial charge in [-0.25, -0.2) is 4.79 Å². The average molecular weight is 278 g/mol. The monoisotopic (exact) mass is 278 g/mol. The van der Waals surface area contributed by atoms with Gasteiger partial charge in [0.2, 0.25) is 0 Å². The number of benzene rings is 1. The summed E-state index contributed by atoms with van der Waals surface area (Å²) in [6.45, 7) is 2.18. The van der Waals surface area contributed by atoms with E-state index in [9.17, 15) is 20.0 Å². The van der Waals surface area contributed by atoms with Gasteiger partial charge in [-0.1, -0.05) is 19.8 Å². The zero-order valence-electron chi connectivity index (χ0n) is 11.3. The molecule has 6 heteroatoms. The van der Waals surface area contributed by atoms with Gasteiger partial charge < -0.3 is 10.4 Å². The highest BCUT2D eigenvalue weighted by atomic mass is 16.6. The summed E-state index contributed by atoms with van der Waals surface area (Å²) in [5.74, 6) is -0.535. The highest BCUT2D eigenvalue weighted by Gasteiger charge is 2.22. The Kier molecular flexibility index (Phi) is 4.22. The van der Waals surface area contributed by atoms with E-state index >= 15 is 0 Å². The summed E-state index contributed by atoms with van der Waals surface area (Å²) in [5, 5.41) is 23.1. The van der Waals surface area contributed by atoms with Crippen molar-refractivity contribution in [3.8, 4) is 0 Å². The molecule has 108 valence electrons. The van der Waals surface area contributed by atoms with Crippen LogP contribution in [0.25, 0.3) is 0 Å². The zero-order chi connectivity index (χ0) is 14.7. The van der Waals surface area contributed by atoms with Crippen LogP contribution in [0.1, 0.15) is 43.0 Å². The van der Waals surface area contributed by atoms with Gasteiger partial charge in [0.15, 0.2) is 0 Å². The third-order valence-electron chi connectivity index (χ3n) is 3.74. The molecule has 2 N–H and O–H groups in total. The smallest absolute Gasteiger partial charge is 0.338 e. The van der Waals surface area contributed by atoms with Crippen molar-refractivity contribution in [2.24, 2.45) is 5.92 Å². The second kappa shape index (κ2) is 5.90. The minimum absolute atomic E-state index is 0.0440. The molecule has 0 saturated heterocycles. The fraction of sp³-hybridized carbons (Fsp3) is 0.500. The van der Waals surface area contributed by atoms with Crippen molar-refractivity contribution in [3.63, 3.8) is 0 Å². The number of non-ortho nitro benzene ring substituents is 1. The fourth-order valence-corrected chi connectivity index (χ4v) is 2.73. The summed E-state index contributed by atoms with van der Waals surface area (Å²) < 4.78 is 0. The SMILES string of the molecule is CC1CCCC(Nc2ccc([N+](=O)[O-])cc2C(=O)O)C1. The highest BCUT2D eigenvalue weighted by molar-refractivity contribution is 5.95. The van der Waals surface area contributed by atoms with Crippen molar-refractivity contribution in [3.05, 3.63) is 33.9 Å². The first kappa shape index (κ1) is 14.3. The topological polar surface area (TPSA) is 92.5 Å². The number of hydrogen-bond donors (Lipinski definition) is 2. The second-order valence-electron chi connectivity index (χ2n) is 5.41. The summed E-state index contributed by atoms with van der Waals surface area (Å²) in [6, 6.07) is 4.16.